The molecule has 2 aliphatic carbocycles. The summed E-state index contributed by atoms with van der Waals surface area (Å²) in [5, 5.41) is 0.999. The van der Waals surface area contributed by atoms with Crippen LogP contribution in [0.25, 0.3) is 11.0 Å². The van der Waals surface area contributed by atoms with Crippen molar-refractivity contribution < 1.29 is 18.7 Å². The summed E-state index contributed by atoms with van der Waals surface area (Å²) in [5.74, 6) is 3.17. The summed E-state index contributed by atoms with van der Waals surface area (Å²) in [6.45, 7) is 5.34. The van der Waals surface area contributed by atoms with Crippen LogP contribution in [0.5, 0.6) is 5.75 Å². The number of rotatable bonds is 3. The van der Waals surface area contributed by atoms with Crippen LogP contribution >= 0.6 is 0 Å². The van der Waals surface area contributed by atoms with E-state index >= 15 is 0 Å². The molecule has 158 valence electrons. The smallest absolute Gasteiger partial charge is 0.339 e. The molecule has 0 unspecified atom stereocenters. The van der Waals surface area contributed by atoms with Gasteiger partial charge in [0, 0.05) is 36.2 Å². The topological polar surface area (TPSA) is 69.0 Å². The minimum atomic E-state index is -0.232. The zero-order chi connectivity index (χ0) is 20.4. The molecule has 0 N–H and O–H groups in total. The maximum absolute atomic E-state index is 12.8. The summed E-state index contributed by atoms with van der Waals surface area (Å²) >= 11 is 0. The molecule has 2 aliphatic heterocycles. The number of carbonyl (C=O) groups excluding carboxylic acids is 1. The Kier molecular flexibility index (Phi) is 4.20. The van der Waals surface area contributed by atoms with Gasteiger partial charge in [-0.25, -0.2) is 4.79 Å². The number of nitrogens with zero attached hydrogens (tertiary/aromatic N) is 1. The van der Waals surface area contributed by atoms with Gasteiger partial charge >= 0.3 is 5.63 Å². The zero-order valence-electron chi connectivity index (χ0n) is 17.3. The Labute approximate surface area is 175 Å². The van der Waals surface area contributed by atoms with Gasteiger partial charge in [0.1, 0.15) is 11.3 Å². The van der Waals surface area contributed by atoms with E-state index in [-0.39, 0.29) is 18.1 Å². The number of fused-ring (bicyclic) bond motifs is 6. The second-order valence-electron chi connectivity index (χ2n) is 9.47. The van der Waals surface area contributed by atoms with E-state index in [1.807, 2.05) is 24.0 Å². The van der Waals surface area contributed by atoms with Gasteiger partial charge in [0.25, 0.3) is 5.91 Å². The first kappa shape index (κ1) is 18.4. The molecule has 4 aliphatic rings. The average Bonchev–Trinajstić information content (AvgIpc) is 3.49. The van der Waals surface area contributed by atoms with E-state index < -0.39 is 0 Å². The number of likely N-dealkylation sites (tertiary alicyclic amines) is 1. The quantitative estimate of drug-likeness (QED) is 0.729. The van der Waals surface area contributed by atoms with Gasteiger partial charge in [-0.1, -0.05) is 0 Å². The van der Waals surface area contributed by atoms with E-state index in [1.165, 1.54) is 6.42 Å². The lowest BCUT2D eigenvalue weighted by Gasteiger charge is -2.20. The Morgan fingerprint density at radius 3 is 2.90 bits per heavy atom. The Balaban J connectivity index is 1.17. The van der Waals surface area contributed by atoms with Crippen LogP contribution in [-0.2, 0) is 22.4 Å². The molecule has 0 spiro atoms. The van der Waals surface area contributed by atoms with Crippen LogP contribution in [-0.4, -0.2) is 43.7 Å². The minimum absolute atomic E-state index is 0.0194. The van der Waals surface area contributed by atoms with Crippen molar-refractivity contribution in [1.82, 2.24) is 4.90 Å². The summed E-state index contributed by atoms with van der Waals surface area (Å²) in [7, 11) is 0. The molecular formula is C24H27NO5. The minimum Gasteiger partial charge on any atom is -0.483 e. The van der Waals surface area contributed by atoms with Crippen molar-refractivity contribution in [2.45, 2.75) is 32.6 Å². The van der Waals surface area contributed by atoms with Gasteiger partial charge in [-0.15, -0.1) is 0 Å². The van der Waals surface area contributed by atoms with Crippen molar-refractivity contribution in [3.63, 3.8) is 0 Å². The Morgan fingerprint density at radius 1 is 1.13 bits per heavy atom. The van der Waals surface area contributed by atoms with E-state index in [0.29, 0.717) is 35.0 Å². The van der Waals surface area contributed by atoms with Crippen molar-refractivity contribution in [3.05, 3.63) is 39.2 Å². The zero-order valence-corrected chi connectivity index (χ0v) is 17.3. The molecule has 3 fully saturated rings. The Hall–Kier alpha value is -2.34. The van der Waals surface area contributed by atoms with E-state index in [0.717, 1.165) is 67.6 Å². The molecule has 1 saturated carbocycles. The summed E-state index contributed by atoms with van der Waals surface area (Å²) in [6.07, 6.45) is 3.90. The van der Waals surface area contributed by atoms with Crippen molar-refractivity contribution in [1.29, 1.82) is 0 Å². The molecule has 6 rings (SSSR count). The molecule has 6 heteroatoms. The van der Waals surface area contributed by atoms with Gasteiger partial charge < -0.3 is 18.8 Å². The molecule has 1 aromatic heterocycles. The van der Waals surface area contributed by atoms with Crippen LogP contribution in [0, 0.1) is 30.6 Å². The number of amides is 1. The molecule has 30 heavy (non-hydrogen) atoms. The van der Waals surface area contributed by atoms with Crippen LogP contribution in [0.4, 0.5) is 0 Å². The lowest BCUT2D eigenvalue weighted by atomic mass is 9.91. The molecular weight excluding hydrogens is 382 g/mol. The molecule has 3 heterocycles. The fourth-order valence-corrected chi connectivity index (χ4v) is 6.40. The number of ether oxygens (including phenoxy) is 2. The fourth-order valence-electron chi connectivity index (χ4n) is 6.40. The highest BCUT2D eigenvalue weighted by Crippen LogP contribution is 2.48. The standard InChI is InChI=1S/C24H27NO5/c1-13-21(6-5-17-16-3-2-4-18(16)24(27)30-23(13)17)29-12-22(26)25-8-14-7-15-10-28-11-20(15)19(14)9-25/h5-6,14-15,19-20H,2-4,7-12H2,1H3/t14-,15+,19+,20-/m0/s1. The number of benzene rings is 1. The highest BCUT2D eigenvalue weighted by molar-refractivity contribution is 5.86. The van der Waals surface area contributed by atoms with Gasteiger partial charge in [0.05, 0.1) is 6.61 Å². The third-order valence-corrected chi connectivity index (χ3v) is 7.94. The Morgan fingerprint density at radius 2 is 2.00 bits per heavy atom. The van der Waals surface area contributed by atoms with Gasteiger partial charge in [-0.2, -0.15) is 0 Å². The second kappa shape index (κ2) is 6.84. The van der Waals surface area contributed by atoms with Gasteiger partial charge in [-0.05, 0) is 74.0 Å². The summed E-state index contributed by atoms with van der Waals surface area (Å²) in [5.41, 5.74) is 3.08. The first-order valence-corrected chi connectivity index (χ1v) is 11.2. The summed E-state index contributed by atoms with van der Waals surface area (Å²) in [4.78, 5) is 27.1. The van der Waals surface area contributed by atoms with Crippen LogP contribution in [0.2, 0.25) is 0 Å². The molecule has 0 bridgehead atoms. The molecule has 6 nitrogen and oxygen atoms in total. The van der Waals surface area contributed by atoms with Gasteiger partial charge in [0.2, 0.25) is 0 Å². The maximum Gasteiger partial charge on any atom is 0.339 e. The third-order valence-electron chi connectivity index (χ3n) is 7.94. The first-order chi connectivity index (χ1) is 14.6. The molecule has 1 aromatic carbocycles. The van der Waals surface area contributed by atoms with Crippen molar-refractivity contribution in [2.75, 3.05) is 32.9 Å². The van der Waals surface area contributed by atoms with Crippen molar-refractivity contribution in [2.24, 2.45) is 23.7 Å². The van der Waals surface area contributed by atoms with Gasteiger partial charge in [-0.3, -0.25) is 4.79 Å². The molecule has 2 aromatic rings. The lowest BCUT2D eigenvalue weighted by Crippen LogP contribution is -2.34. The predicted molar refractivity (Wildman–Crippen MR) is 111 cm³/mol. The molecule has 2 saturated heterocycles. The average molecular weight is 409 g/mol. The summed E-state index contributed by atoms with van der Waals surface area (Å²) in [6, 6.07) is 3.87. The summed E-state index contributed by atoms with van der Waals surface area (Å²) < 4.78 is 17.2. The van der Waals surface area contributed by atoms with Crippen LogP contribution in [0.1, 0.15) is 29.5 Å². The van der Waals surface area contributed by atoms with E-state index in [1.54, 1.807) is 0 Å². The SMILES string of the molecule is Cc1c(OCC(=O)N2C[C@@H]3C[C@@H]4COC[C@@H]4[C@@H]3C2)ccc2c3c(c(=O)oc12)CCC3. The predicted octanol–water partition coefficient (Wildman–Crippen LogP) is 2.71. The van der Waals surface area contributed by atoms with E-state index in [9.17, 15) is 9.59 Å². The third kappa shape index (κ3) is 2.73. The van der Waals surface area contributed by atoms with Crippen LogP contribution in [0.3, 0.4) is 0 Å². The normalized spacial score (nSPS) is 29.3. The fraction of sp³-hybridized carbons (Fsp3) is 0.583. The maximum atomic E-state index is 12.8. The van der Waals surface area contributed by atoms with Crippen molar-refractivity contribution in [3.8, 4) is 5.75 Å². The van der Waals surface area contributed by atoms with Crippen LogP contribution < -0.4 is 10.4 Å². The van der Waals surface area contributed by atoms with Gasteiger partial charge in [0.15, 0.2) is 6.61 Å². The van der Waals surface area contributed by atoms with E-state index in [4.69, 9.17) is 13.9 Å². The van der Waals surface area contributed by atoms with Crippen molar-refractivity contribution >= 4 is 16.9 Å². The lowest BCUT2D eigenvalue weighted by molar-refractivity contribution is -0.132. The van der Waals surface area contributed by atoms with Crippen LogP contribution in [0.15, 0.2) is 21.3 Å². The number of aryl methyl sites for hydroxylation is 2. The Bertz CT molecular complexity index is 1090. The second-order valence-corrected chi connectivity index (χ2v) is 9.47. The molecule has 1 amide bonds. The number of hydrogen-bond donors (Lipinski definition) is 0. The van der Waals surface area contributed by atoms with E-state index in [2.05, 4.69) is 0 Å². The highest BCUT2D eigenvalue weighted by Gasteiger charge is 2.50. The first-order valence-electron chi connectivity index (χ1n) is 11.2. The molecule has 0 radical (unpaired) electrons. The number of hydrogen-bond acceptors (Lipinski definition) is 5. The molecule has 4 atom stereocenters. The monoisotopic (exact) mass is 409 g/mol. The number of carbonyl (C=O) groups is 1. The largest absolute Gasteiger partial charge is 0.483 e. The highest BCUT2D eigenvalue weighted by atomic mass is 16.5.